The lowest BCUT2D eigenvalue weighted by molar-refractivity contribution is 0.343. The van der Waals surface area contributed by atoms with Gasteiger partial charge in [0.05, 0.1) is 0 Å². The summed E-state index contributed by atoms with van der Waals surface area (Å²) < 4.78 is 20.6. The van der Waals surface area contributed by atoms with Crippen molar-refractivity contribution < 1.29 is 12.3 Å². The van der Waals surface area contributed by atoms with Gasteiger partial charge >= 0.3 is 17.1 Å². The van der Waals surface area contributed by atoms with E-state index in [1.165, 1.54) is 10.4 Å². The van der Waals surface area contributed by atoms with Crippen LogP contribution in [0.1, 0.15) is 0 Å². The molecular weight excluding hydrogens is 401 g/mol. The Morgan fingerprint density at radius 1 is 0.444 bits per heavy atom. The summed E-state index contributed by atoms with van der Waals surface area (Å²) in [6.07, 6.45) is 0. The molecule has 0 aliphatic carbocycles. The first-order valence-corrected chi connectivity index (χ1v) is 21.0. The molecule has 2 aromatic rings. The Hall–Kier alpha value is -0.812. The molecule has 0 N–H and O–H groups in total. The average Bonchev–Trinajstić information content (AvgIpc) is 2.53. The summed E-state index contributed by atoms with van der Waals surface area (Å²) >= 11 is 0. The summed E-state index contributed by atoms with van der Waals surface area (Å²) in [4.78, 5) is 0. The monoisotopic (exact) mass is 434 g/mol. The minimum Gasteiger partial charge on any atom is -0.433 e. The zero-order valence-electron chi connectivity index (χ0n) is 18.0. The van der Waals surface area contributed by atoms with Crippen LogP contribution in [0.2, 0.25) is 52.4 Å². The third-order valence-corrected chi connectivity index (χ3v) is 17.9. The summed E-state index contributed by atoms with van der Waals surface area (Å²) in [5, 5.41) is 2.34. The van der Waals surface area contributed by atoms with Crippen LogP contribution in [0, 0.1) is 0 Å². The fraction of sp³-hybridized carbons (Fsp3) is 0.400. The third kappa shape index (κ3) is 6.63. The van der Waals surface area contributed by atoms with E-state index in [1.807, 2.05) is 12.1 Å². The van der Waals surface area contributed by atoms with Gasteiger partial charge in [-0.25, -0.2) is 0 Å². The van der Waals surface area contributed by atoms with Crippen LogP contribution in [0.4, 0.5) is 0 Å². The second-order valence-corrected chi connectivity index (χ2v) is 25.0. The van der Waals surface area contributed by atoms with Crippen LogP contribution in [0.3, 0.4) is 0 Å². The fourth-order valence-corrected chi connectivity index (χ4v) is 20.2. The van der Waals surface area contributed by atoms with Gasteiger partial charge in [0, 0.05) is 0 Å². The molecule has 3 nitrogen and oxygen atoms in total. The molecule has 2 atom stereocenters. The normalized spacial score (nSPS) is 17.2. The Morgan fingerprint density at radius 3 is 1.00 bits per heavy atom. The van der Waals surface area contributed by atoms with E-state index < -0.39 is 33.8 Å². The maximum atomic E-state index is 7.05. The van der Waals surface area contributed by atoms with Crippen LogP contribution in [-0.2, 0) is 12.3 Å². The number of hydrogen-bond acceptors (Lipinski definition) is 3. The molecule has 148 valence electrons. The van der Waals surface area contributed by atoms with Gasteiger partial charge in [0.2, 0.25) is 0 Å². The zero-order chi connectivity index (χ0) is 20.3. The van der Waals surface area contributed by atoms with Crippen molar-refractivity contribution in [1.82, 2.24) is 0 Å². The van der Waals surface area contributed by atoms with Crippen molar-refractivity contribution in [2.75, 3.05) is 0 Å². The summed E-state index contributed by atoms with van der Waals surface area (Å²) in [5.74, 6) is 0. The predicted octanol–water partition coefficient (Wildman–Crippen LogP) is 4.66. The van der Waals surface area contributed by atoms with E-state index in [2.05, 4.69) is 101 Å². The molecule has 0 bridgehead atoms. The van der Waals surface area contributed by atoms with Crippen molar-refractivity contribution in [2.24, 2.45) is 0 Å². The molecule has 2 unspecified atom stereocenters. The highest BCUT2D eigenvalue weighted by Crippen LogP contribution is 2.24. The highest BCUT2D eigenvalue weighted by molar-refractivity contribution is 6.98. The zero-order valence-corrected chi connectivity index (χ0v) is 22.0. The average molecular weight is 435 g/mol. The van der Waals surface area contributed by atoms with Gasteiger partial charge in [-0.3, -0.25) is 0 Å². The Bertz CT molecular complexity index is 665. The predicted molar refractivity (Wildman–Crippen MR) is 125 cm³/mol. The molecule has 0 saturated heterocycles. The van der Waals surface area contributed by atoms with Crippen LogP contribution in [0.15, 0.2) is 60.7 Å². The minimum absolute atomic E-state index is 1.17. The van der Waals surface area contributed by atoms with E-state index in [1.54, 1.807) is 0 Å². The van der Waals surface area contributed by atoms with Crippen molar-refractivity contribution in [3.63, 3.8) is 0 Å². The molecule has 0 aromatic heterocycles. The Morgan fingerprint density at radius 2 is 0.741 bits per heavy atom. The van der Waals surface area contributed by atoms with Crippen molar-refractivity contribution in [3.05, 3.63) is 60.7 Å². The summed E-state index contributed by atoms with van der Waals surface area (Å²) in [7, 11) is -8.96. The van der Waals surface area contributed by atoms with Crippen LogP contribution < -0.4 is 10.4 Å². The standard InChI is InChI=1S/C20H34O3Si4/c1-24(2,3)21-26(7,19-15-11-9-12-16-19)23-27(8,22-25(4,5)6)20-17-13-10-14-18-20/h9-18H,1-8H3. The number of hydrogen-bond donors (Lipinski definition) is 0. The Balaban J connectivity index is 2.53. The lowest BCUT2D eigenvalue weighted by Crippen LogP contribution is -2.67. The smallest absolute Gasteiger partial charge is 0.350 e. The van der Waals surface area contributed by atoms with Crippen molar-refractivity contribution in [2.45, 2.75) is 52.4 Å². The molecule has 0 radical (unpaired) electrons. The van der Waals surface area contributed by atoms with Crippen LogP contribution in [-0.4, -0.2) is 33.8 Å². The molecule has 27 heavy (non-hydrogen) atoms. The van der Waals surface area contributed by atoms with Gasteiger partial charge in [0.1, 0.15) is 0 Å². The molecule has 0 amide bonds. The second-order valence-electron chi connectivity index (χ2n) is 9.15. The van der Waals surface area contributed by atoms with Crippen molar-refractivity contribution in [1.29, 1.82) is 0 Å². The molecule has 2 rings (SSSR count). The van der Waals surface area contributed by atoms with E-state index in [-0.39, 0.29) is 0 Å². The van der Waals surface area contributed by atoms with Crippen LogP contribution >= 0.6 is 0 Å². The van der Waals surface area contributed by atoms with Gasteiger partial charge in [-0.2, -0.15) is 0 Å². The highest BCUT2D eigenvalue weighted by Gasteiger charge is 2.49. The first-order chi connectivity index (χ1) is 12.3. The molecule has 0 saturated carbocycles. The fourth-order valence-electron chi connectivity index (χ4n) is 3.30. The first-order valence-electron chi connectivity index (χ1n) is 9.55. The second kappa shape index (κ2) is 8.28. The summed E-state index contributed by atoms with van der Waals surface area (Å²) in [5.41, 5.74) is 0. The maximum Gasteiger partial charge on any atom is 0.350 e. The number of benzene rings is 2. The molecule has 0 spiro atoms. The van der Waals surface area contributed by atoms with E-state index >= 15 is 0 Å². The van der Waals surface area contributed by atoms with Gasteiger partial charge < -0.3 is 12.3 Å². The lowest BCUT2D eigenvalue weighted by atomic mass is 10.4. The quantitative estimate of drug-likeness (QED) is 0.565. The van der Waals surface area contributed by atoms with E-state index in [0.717, 1.165) is 0 Å². The maximum absolute atomic E-state index is 7.05. The van der Waals surface area contributed by atoms with Crippen molar-refractivity contribution in [3.8, 4) is 0 Å². The largest absolute Gasteiger partial charge is 0.433 e. The molecule has 0 aliphatic heterocycles. The van der Waals surface area contributed by atoms with Crippen LogP contribution in [0.25, 0.3) is 0 Å². The van der Waals surface area contributed by atoms with Gasteiger partial charge in [-0.05, 0) is 62.7 Å². The van der Waals surface area contributed by atoms with Gasteiger partial charge in [-0.1, -0.05) is 60.7 Å². The van der Waals surface area contributed by atoms with E-state index in [9.17, 15) is 0 Å². The van der Waals surface area contributed by atoms with Gasteiger partial charge in [-0.15, -0.1) is 0 Å². The molecule has 0 heterocycles. The first kappa shape index (κ1) is 22.5. The van der Waals surface area contributed by atoms with E-state index in [4.69, 9.17) is 12.3 Å². The van der Waals surface area contributed by atoms with Gasteiger partial charge in [0.25, 0.3) is 0 Å². The summed E-state index contributed by atoms with van der Waals surface area (Å²) in [6.45, 7) is 17.7. The summed E-state index contributed by atoms with van der Waals surface area (Å²) in [6, 6.07) is 20.9. The number of rotatable bonds is 8. The Labute approximate surface area is 169 Å². The lowest BCUT2D eigenvalue weighted by Gasteiger charge is -2.43. The Kier molecular flexibility index (Phi) is 6.89. The third-order valence-electron chi connectivity index (χ3n) is 3.99. The molecule has 7 heteroatoms. The van der Waals surface area contributed by atoms with E-state index in [0.29, 0.717) is 0 Å². The van der Waals surface area contributed by atoms with Crippen molar-refractivity contribution >= 4 is 44.1 Å². The molecular formula is C20H34O3Si4. The topological polar surface area (TPSA) is 27.7 Å². The molecule has 0 aliphatic rings. The SMILES string of the molecule is C[Si](C)(C)O[Si](C)(O[Si](C)(O[Si](C)(C)C)c1ccccc1)c1ccccc1. The highest BCUT2D eigenvalue weighted by atomic mass is 28.5. The minimum atomic E-state index is -2.66. The molecule has 2 aromatic carbocycles. The molecule has 0 fully saturated rings. The van der Waals surface area contributed by atoms with Crippen LogP contribution in [0.5, 0.6) is 0 Å². The van der Waals surface area contributed by atoms with Gasteiger partial charge in [0.15, 0.2) is 16.6 Å².